The molecule has 3 aromatic rings. The van der Waals surface area contributed by atoms with Crippen LogP contribution in [0.15, 0.2) is 53.3 Å². The molecule has 2 aromatic carbocycles. The van der Waals surface area contributed by atoms with Crippen molar-refractivity contribution in [1.29, 1.82) is 0 Å². The highest BCUT2D eigenvalue weighted by Crippen LogP contribution is 2.46. The summed E-state index contributed by atoms with van der Waals surface area (Å²) in [5.74, 6) is -3.24. The first-order chi connectivity index (χ1) is 16.7. The van der Waals surface area contributed by atoms with Crippen molar-refractivity contribution in [2.45, 2.75) is 44.8 Å². The minimum Gasteiger partial charge on any atom is -0.326 e. The van der Waals surface area contributed by atoms with Gasteiger partial charge in [0, 0.05) is 11.3 Å². The zero-order valence-electron chi connectivity index (χ0n) is 19.8. The van der Waals surface area contributed by atoms with Crippen molar-refractivity contribution in [3.63, 3.8) is 0 Å². The summed E-state index contributed by atoms with van der Waals surface area (Å²) >= 11 is 5.20. The van der Waals surface area contributed by atoms with Crippen LogP contribution in [0, 0.1) is 11.7 Å². The summed E-state index contributed by atoms with van der Waals surface area (Å²) in [5.41, 5.74) is -4.15. The summed E-state index contributed by atoms with van der Waals surface area (Å²) < 4.78 is 44.8. The number of fused-ring (bicyclic) bond motifs is 1. The quantitative estimate of drug-likeness (QED) is 0.442. The van der Waals surface area contributed by atoms with Crippen molar-refractivity contribution in [3.8, 4) is 5.69 Å². The van der Waals surface area contributed by atoms with E-state index in [-0.39, 0.29) is 15.7 Å². The minimum absolute atomic E-state index is 0.101. The van der Waals surface area contributed by atoms with Gasteiger partial charge in [0.25, 0.3) is 22.9 Å². The Labute approximate surface area is 209 Å². The number of H-pyrrole nitrogens is 1. The molecule has 11 heteroatoms. The maximum Gasteiger partial charge on any atom is 0.425 e. The molecule has 1 atom stereocenters. The molecule has 1 aliphatic heterocycles. The van der Waals surface area contributed by atoms with Crippen LogP contribution in [0.4, 0.5) is 19.0 Å². The highest BCUT2D eigenvalue weighted by molar-refractivity contribution is 7.71. The summed E-state index contributed by atoms with van der Waals surface area (Å²) in [7, 11) is 0. The van der Waals surface area contributed by atoms with E-state index in [4.69, 9.17) is 12.2 Å². The molecule has 188 valence electrons. The third-order valence-corrected chi connectivity index (χ3v) is 6.37. The lowest BCUT2D eigenvalue weighted by molar-refractivity contribution is -0.196. The molecular weight excluding hydrogens is 493 g/mol. The van der Waals surface area contributed by atoms with Gasteiger partial charge >= 0.3 is 6.18 Å². The normalized spacial score (nSPS) is 17.5. The maximum absolute atomic E-state index is 14.6. The average molecular weight is 517 g/mol. The number of anilines is 1. The molecule has 3 N–H and O–H groups in total. The number of carbonyl (C=O) groups is 2. The number of hydrogen-bond acceptors (Lipinski definition) is 4. The van der Waals surface area contributed by atoms with E-state index in [0.29, 0.717) is 5.69 Å². The Balaban J connectivity index is 1.89. The molecule has 7 nitrogen and oxygen atoms in total. The Kier molecular flexibility index (Phi) is 5.95. The molecule has 0 spiro atoms. The zero-order valence-corrected chi connectivity index (χ0v) is 20.6. The fourth-order valence-electron chi connectivity index (χ4n) is 4.08. The Bertz CT molecular complexity index is 1480. The largest absolute Gasteiger partial charge is 0.425 e. The van der Waals surface area contributed by atoms with Crippen molar-refractivity contribution in [3.05, 3.63) is 85.9 Å². The minimum atomic E-state index is -5.36. The van der Waals surface area contributed by atoms with Crippen LogP contribution in [0.1, 0.15) is 47.8 Å². The Morgan fingerprint density at radius 1 is 1.00 bits per heavy atom. The van der Waals surface area contributed by atoms with E-state index in [0.717, 1.165) is 15.7 Å². The lowest BCUT2D eigenvalue weighted by Gasteiger charge is -2.30. The Morgan fingerprint density at radius 2 is 1.58 bits per heavy atom. The van der Waals surface area contributed by atoms with E-state index >= 15 is 0 Å². The van der Waals surface area contributed by atoms with Gasteiger partial charge in [0.2, 0.25) is 0 Å². The molecule has 1 unspecified atom stereocenters. The first-order valence-corrected chi connectivity index (χ1v) is 11.4. The maximum atomic E-state index is 14.6. The monoisotopic (exact) mass is 516 g/mol. The topological polar surface area (TPSA) is 96.0 Å². The molecule has 0 saturated carbocycles. The zero-order chi connectivity index (χ0) is 26.6. The molecule has 0 bridgehead atoms. The SMILES string of the molecule is Cc1ccc(-n2c3c(c(=O)[nH]c2=S)C(NC(=O)c2ccc(C(C)(C)C)cc2)(C(F)(F)F)C(=O)N3)cc1. The van der Waals surface area contributed by atoms with Gasteiger partial charge in [-0.05, 0) is 54.4 Å². The average Bonchev–Trinajstić information content (AvgIpc) is 3.07. The Hall–Kier alpha value is -3.73. The summed E-state index contributed by atoms with van der Waals surface area (Å²) in [6.45, 7) is 7.66. The third kappa shape index (κ3) is 4.02. The van der Waals surface area contributed by atoms with Crippen LogP contribution in [0.3, 0.4) is 0 Å². The van der Waals surface area contributed by atoms with Crippen molar-refractivity contribution in [2.24, 2.45) is 0 Å². The van der Waals surface area contributed by atoms with E-state index < -0.39 is 40.5 Å². The molecule has 36 heavy (non-hydrogen) atoms. The summed E-state index contributed by atoms with van der Waals surface area (Å²) in [6.07, 6.45) is -5.36. The number of aryl methyl sites for hydroxylation is 1. The predicted octanol–water partition coefficient (Wildman–Crippen LogP) is 4.64. The van der Waals surface area contributed by atoms with Gasteiger partial charge in [0.1, 0.15) is 11.4 Å². The standard InChI is InChI=1S/C25H23F3N4O3S/c1-13-5-11-16(12-6-13)32-18-17(20(34)30-22(32)36)24(21(35)29-18,25(26,27)28)31-19(33)14-7-9-15(10-8-14)23(2,3)4/h5-12H,1-4H3,(H,29,35)(H,31,33)(H,30,34,36). The number of hydrogen-bond donors (Lipinski definition) is 3. The van der Waals surface area contributed by atoms with Crippen molar-refractivity contribution >= 4 is 29.9 Å². The fraction of sp³-hybridized carbons (Fsp3) is 0.280. The van der Waals surface area contributed by atoms with Crippen LogP contribution in [-0.4, -0.2) is 27.5 Å². The highest BCUT2D eigenvalue weighted by atomic mass is 32.1. The van der Waals surface area contributed by atoms with Gasteiger partial charge in [-0.25, -0.2) is 0 Å². The number of alkyl halides is 3. The number of nitrogens with zero attached hydrogens (tertiary/aromatic N) is 1. The summed E-state index contributed by atoms with van der Waals surface area (Å²) in [5, 5.41) is 3.96. The number of rotatable bonds is 3. The predicted molar refractivity (Wildman–Crippen MR) is 131 cm³/mol. The number of carbonyl (C=O) groups excluding carboxylic acids is 2. The van der Waals surface area contributed by atoms with Gasteiger partial charge in [-0.3, -0.25) is 23.9 Å². The first-order valence-electron chi connectivity index (χ1n) is 10.9. The van der Waals surface area contributed by atoms with Gasteiger partial charge in [0.05, 0.1) is 0 Å². The molecule has 0 fully saturated rings. The molecule has 0 saturated heterocycles. The molecule has 2 amide bonds. The first kappa shape index (κ1) is 25.4. The second-order valence-electron chi connectivity index (χ2n) is 9.64. The van der Waals surface area contributed by atoms with Crippen molar-refractivity contribution in [1.82, 2.24) is 14.9 Å². The molecular formula is C25H23F3N4O3S. The van der Waals surface area contributed by atoms with E-state index in [1.807, 2.05) is 33.0 Å². The number of aromatic nitrogens is 2. The van der Waals surface area contributed by atoms with Crippen LogP contribution in [0.25, 0.3) is 5.69 Å². The van der Waals surface area contributed by atoms with Gasteiger partial charge in [-0.2, -0.15) is 13.2 Å². The van der Waals surface area contributed by atoms with Gasteiger partial charge < -0.3 is 10.6 Å². The number of nitrogens with one attached hydrogen (secondary N) is 3. The van der Waals surface area contributed by atoms with Gasteiger partial charge in [-0.1, -0.05) is 50.6 Å². The fourth-order valence-corrected chi connectivity index (χ4v) is 4.37. The molecule has 1 aromatic heterocycles. The third-order valence-electron chi connectivity index (χ3n) is 6.09. The molecule has 0 aliphatic carbocycles. The van der Waals surface area contributed by atoms with Crippen LogP contribution in [-0.2, 0) is 15.7 Å². The molecule has 0 radical (unpaired) electrons. The number of aromatic amines is 1. The smallest absolute Gasteiger partial charge is 0.326 e. The lowest BCUT2D eigenvalue weighted by Crippen LogP contribution is -2.61. The van der Waals surface area contributed by atoms with Crippen LogP contribution in [0.5, 0.6) is 0 Å². The van der Waals surface area contributed by atoms with Crippen molar-refractivity contribution in [2.75, 3.05) is 5.32 Å². The van der Waals surface area contributed by atoms with Crippen LogP contribution in [0.2, 0.25) is 0 Å². The number of benzene rings is 2. The molecule has 2 heterocycles. The van der Waals surface area contributed by atoms with Gasteiger partial charge in [0.15, 0.2) is 4.77 Å². The molecule has 4 rings (SSSR count). The van der Waals surface area contributed by atoms with Crippen molar-refractivity contribution < 1.29 is 22.8 Å². The van der Waals surface area contributed by atoms with E-state index in [9.17, 15) is 27.6 Å². The second-order valence-corrected chi connectivity index (χ2v) is 10.0. The highest BCUT2D eigenvalue weighted by Gasteiger charge is 2.68. The molecule has 1 aliphatic rings. The van der Waals surface area contributed by atoms with Gasteiger partial charge in [-0.15, -0.1) is 0 Å². The second kappa shape index (κ2) is 8.44. The van der Waals surface area contributed by atoms with E-state index in [2.05, 4.69) is 10.3 Å². The summed E-state index contributed by atoms with van der Waals surface area (Å²) in [6, 6.07) is 12.6. The summed E-state index contributed by atoms with van der Waals surface area (Å²) in [4.78, 5) is 41.1. The Morgan fingerprint density at radius 3 is 2.11 bits per heavy atom. The van der Waals surface area contributed by atoms with E-state index in [1.165, 1.54) is 12.1 Å². The number of halogens is 3. The van der Waals surface area contributed by atoms with Crippen LogP contribution < -0.4 is 16.2 Å². The lowest BCUT2D eigenvalue weighted by atomic mass is 9.86. The number of amides is 2. The van der Waals surface area contributed by atoms with E-state index in [1.54, 1.807) is 36.4 Å². The van der Waals surface area contributed by atoms with Crippen LogP contribution >= 0.6 is 12.2 Å².